The van der Waals surface area contributed by atoms with E-state index >= 15 is 0 Å². The summed E-state index contributed by atoms with van der Waals surface area (Å²) in [6.07, 6.45) is -3.47. The topological polar surface area (TPSA) is 121 Å². The predicted molar refractivity (Wildman–Crippen MR) is 153 cm³/mol. The van der Waals surface area contributed by atoms with Crippen LogP contribution in [0.2, 0.25) is 5.02 Å². The zero-order valence-electron chi connectivity index (χ0n) is 23.4. The Morgan fingerprint density at radius 3 is 2.27 bits per heavy atom. The van der Waals surface area contributed by atoms with Crippen LogP contribution in [0.25, 0.3) is 22.0 Å². The number of alkyl halides is 3. The third-order valence-electron chi connectivity index (χ3n) is 6.83. The van der Waals surface area contributed by atoms with Crippen molar-refractivity contribution in [1.29, 1.82) is 5.26 Å². The first-order valence-corrected chi connectivity index (χ1v) is 13.4. The molecule has 2 N–H and O–H groups in total. The Morgan fingerprint density at radius 2 is 1.67 bits per heavy atom. The van der Waals surface area contributed by atoms with Crippen LogP contribution < -0.4 is 10.6 Å². The number of carbonyl (C=O) groups is 3. The molecule has 0 aliphatic carbocycles. The fourth-order valence-corrected chi connectivity index (χ4v) is 4.78. The molecule has 3 aromatic carbocycles. The molecule has 4 aromatic rings. The van der Waals surface area contributed by atoms with Crippen LogP contribution in [0.3, 0.4) is 0 Å². The lowest BCUT2D eigenvalue weighted by atomic mass is 9.94. The van der Waals surface area contributed by atoms with Gasteiger partial charge in [-0.25, -0.2) is 13.6 Å². The Morgan fingerprint density at radius 1 is 1.00 bits per heavy atom. The molecule has 2 amide bonds. The molecule has 0 spiro atoms. The van der Waals surface area contributed by atoms with Gasteiger partial charge in [0, 0.05) is 39.7 Å². The number of amides is 2. The highest BCUT2D eigenvalue weighted by molar-refractivity contribution is 6.33. The predicted octanol–water partition coefficient (Wildman–Crippen LogP) is 5.90. The Labute approximate surface area is 257 Å². The van der Waals surface area contributed by atoms with Crippen LogP contribution in [0, 0.1) is 23.0 Å². The zero-order chi connectivity index (χ0) is 33.1. The largest absolute Gasteiger partial charge is 0.467 e. The first-order valence-electron chi connectivity index (χ1n) is 13.1. The summed E-state index contributed by atoms with van der Waals surface area (Å²) >= 11 is 6.42. The highest BCUT2D eigenvalue weighted by Gasteiger charge is 2.37. The average Bonchev–Trinajstić information content (AvgIpc) is 2.99. The van der Waals surface area contributed by atoms with E-state index in [2.05, 4.69) is 10.3 Å². The molecule has 14 heteroatoms. The minimum absolute atomic E-state index is 0.207. The van der Waals surface area contributed by atoms with E-state index in [1.807, 2.05) is 6.07 Å². The van der Waals surface area contributed by atoms with Crippen LogP contribution in [0.15, 0.2) is 60.8 Å². The SMILES string of the molecule is COC(=O)[C@H](Cc1ccc(-c2ccc(C#N)cc2Cl)c2ncccc12)NC(=O)c1c(F)cc(C(=O)N[C@@H](C)C(F)(F)F)cc1F. The van der Waals surface area contributed by atoms with E-state index < -0.39 is 58.8 Å². The smallest absolute Gasteiger partial charge is 0.408 e. The van der Waals surface area contributed by atoms with Gasteiger partial charge in [-0.1, -0.05) is 35.9 Å². The molecule has 0 saturated heterocycles. The lowest BCUT2D eigenvalue weighted by Crippen LogP contribution is -2.44. The molecular formula is C31H22ClF5N4O4. The van der Waals surface area contributed by atoms with Gasteiger partial charge in [-0.15, -0.1) is 0 Å². The van der Waals surface area contributed by atoms with E-state index in [4.69, 9.17) is 21.6 Å². The van der Waals surface area contributed by atoms with Crippen LogP contribution in [-0.4, -0.2) is 48.1 Å². The van der Waals surface area contributed by atoms with Crippen molar-refractivity contribution >= 4 is 40.3 Å². The van der Waals surface area contributed by atoms with Crippen LogP contribution in [0.1, 0.15) is 38.8 Å². The van der Waals surface area contributed by atoms with Crippen LogP contribution >= 0.6 is 11.6 Å². The number of ether oxygens (including phenoxy) is 1. The number of rotatable bonds is 8. The first-order chi connectivity index (χ1) is 21.2. The molecule has 8 nitrogen and oxygen atoms in total. The molecule has 1 aromatic heterocycles. The van der Waals surface area contributed by atoms with E-state index in [1.165, 1.54) is 12.3 Å². The van der Waals surface area contributed by atoms with Gasteiger partial charge in [-0.2, -0.15) is 18.4 Å². The summed E-state index contributed by atoms with van der Waals surface area (Å²) in [6.45, 7) is 0.647. The summed E-state index contributed by atoms with van der Waals surface area (Å²) in [6, 6.07) is 10.5. The molecular weight excluding hydrogens is 623 g/mol. The second kappa shape index (κ2) is 13.3. The Bertz CT molecular complexity index is 1840. The fraction of sp³-hybridized carbons (Fsp3) is 0.194. The van der Waals surface area contributed by atoms with Crippen molar-refractivity contribution in [2.24, 2.45) is 0 Å². The number of hydrogen-bond acceptors (Lipinski definition) is 6. The van der Waals surface area contributed by atoms with Crippen molar-refractivity contribution in [2.45, 2.75) is 31.6 Å². The molecule has 232 valence electrons. The van der Waals surface area contributed by atoms with Crippen molar-refractivity contribution in [3.05, 3.63) is 99.7 Å². The maximum absolute atomic E-state index is 14.9. The molecule has 0 bridgehead atoms. The van der Waals surface area contributed by atoms with Crippen LogP contribution in [-0.2, 0) is 16.0 Å². The lowest BCUT2D eigenvalue weighted by molar-refractivity contribution is -0.149. The van der Waals surface area contributed by atoms with Crippen LogP contribution in [0.5, 0.6) is 0 Å². The van der Waals surface area contributed by atoms with Gasteiger partial charge in [0.1, 0.15) is 29.3 Å². The number of fused-ring (bicyclic) bond motifs is 1. The van der Waals surface area contributed by atoms with Gasteiger partial charge >= 0.3 is 12.1 Å². The summed E-state index contributed by atoms with van der Waals surface area (Å²) in [7, 11) is 1.05. The number of nitrogens with one attached hydrogen (secondary N) is 2. The van der Waals surface area contributed by atoms with Crippen molar-refractivity contribution in [1.82, 2.24) is 15.6 Å². The van der Waals surface area contributed by atoms with Crippen molar-refractivity contribution in [3.63, 3.8) is 0 Å². The molecule has 0 unspecified atom stereocenters. The molecule has 0 fully saturated rings. The van der Waals surface area contributed by atoms with Gasteiger partial charge in [0.05, 0.1) is 24.3 Å². The maximum atomic E-state index is 14.9. The van der Waals surface area contributed by atoms with Gasteiger partial charge in [0.2, 0.25) is 0 Å². The normalized spacial score (nSPS) is 12.6. The summed E-state index contributed by atoms with van der Waals surface area (Å²) < 4.78 is 72.9. The molecule has 1 heterocycles. The summed E-state index contributed by atoms with van der Waals surface area (Å²) in [4.78, 5) is 42.2. The number of aromatic nitrogens is 1. The summed E-state index contributed by atoms with van der Waals surface area (Å²) in [5.74, 6) is -6.82. The molecule has 4 rings (SSSR count). The minimum Gasteiger partial charge on any atom is -0.467 e. The number of hydrogen-bond donors (Lipinski definition) is 2. The Kier molecular flexibility index (Phi) is 9.68. The van der Waals surface area contributed by atoms with Gasteiger partial charge < -0.3 is 15.4 Å². The molecule has 0 radical (unpaired) electrons. The monoisotopic (exact) mass is 644 g/mol. The third kappa shape index (κ3) is 7.18. The van der Waals surface area contributed by atoms with Crippen LogP contribution in [0.4, 0.5) is 22.0 Å². The standard InChI is InChI=1S/C31H22ClF5N4O4/c1-15(31(35,36)37)40-28(42)18-11-23(33)26(24(34)12-18)29(43)41-25(30(44)45-2)13-17-6-8-21(27-19(17)4-3-9-39-27)20-7-5-16(14-38)10-22(20)32/h3-12,15,25H,13H2,1-2H3,(H,40,42)(H,41,43)/t15-,25-/m0/s1. The maximum Gasteiger partial charge on any atom is 0.408 e. The second-order valence-electron chi connectivity index (χ2n) is 9.78. The minimum atomic E-state index is -4.80. The van der Waals surface area contributed by atoms with Crippen molar-refractivity contribution in [2.75, 3.05) is 7.11 Å². The number of methoxy groups -OCH3 is 1. The molecule has 0 saturated carbocycles. The van der Waals surface area contributed by atoms with Gasteiger partial charge in [-0.3, -0.25) is 14.6 Å². The molecule has 45 heavy (non-hydrogen) atoms. The van der Waals surface area contributed by atoms with E-state index in [0.717, 1.165) is 7.11 Å². The summed E-state index contributed by atoms with van der Waals surface area (Å²) in [5.41, 5.74) is 0.567. The molecule has 2 atom stereocenters. The highest BCUT2D eigenvalue weighted by Crippen LogP contribution is 2.35. The van der Waals surface area contributed by atoms with Gasteiger partial charge in [0.25, 0.3) is 11.8 Å². The Balaban J connectivity index is 1.63. The fourth-order valence-electron chi connectivity index (χ4n) is 4.50. The zero-order valence-corrected chi connectivity index (χ0v) is 24.2. The average molecular weight is 645 g/mol. The second-order valence-corrected chi connectivity index (χ2v) is 10.2. The van der Waals surface area contributed by atoms with E-state index in [0.29, 0.717) is 57.2 Å². The molecule has 0 aliphatic heterocycles. The van der Waals surface area contributed by atoms with E-state index in [-0.39, 0.29) is 6.42 Å². The molecule has 0 aliphatic rings. The number of nitrogens with zero attached hydrogens (tertiary/aromatic N) is 2. The lowest BCUT2D eigenvalue weighted by Gasteiger charge is -2.19. The first kappa shape index (κ1) is 32.8. The number of halogens is 6. The Hall–Kier alpha value is -5.09. The van der Waals surface area contributed by atoms with Crippen molar-refractivity contribution < 1.29 is 41.1 Å². The third-order valence-corrected chi connectivity index (χ3v) is 7.15. The van der Waals surface area contributed by atoms with Gasteiger partial charge in [-0.05, 0) is 42.8 Å². The number of nitriles is 1. The van der Waals surface area contributed by atoms with E-state index in [1.54, 1.807) is 41.7 Å². The van der Waals surface area contributed by atoms with Gasteiger partial charge in [0.15, 0.2) is 0 Å². The highest BCUT2D eigenvalue weighted by atomic mass is 35.5. The number of esters is 1. The quantitative estimate of drug-likeness (QED) is 0.182. The van der Waals surface area contributed by atoms with Crippen molar-refractivity contribution in [3.8, 4) is 17.2 Å². The number of carbonyl (C=O) groups excluding carboxylic acids is 3. The number of benzene rings is 3. The van der Waals surface area contributed by atoms with E-state index in [9.17, 15) is 36.3 Å². The summed E-state index contributed by atoms with van der Waals surface area (Å²) in [5, 5.41) is 13.8. The number of pyridine rings is 1.